The van der Waals surface area contributed by atoms with Crippen LogP contribution < -0.4 is 0 Å². The topological polar surface area (TPSA) is 23.8 Å². The van der Waals surface area contributed by atoms with Crippen LogP contribution in [-0.4, -0.2) is 0 Å². The van der Waals surface area contributed by atoms with Crippen molar-refractivity contribution in [2.24, 2.45) is 0 Å². The van der Waals surface area contributed by atoms with Crippen molar-refractivity contribution in [3.63, 3.8) is 0 Å². The Bertz CT molecular complexity index is 126. The molecule has 0 radical (unpaired) electrons. The summed E-state index contributed by atoms with van der Waals surface area (Å²) in [7, 11) is 0. The van der Waals surface area contributed by atoms with E-state index in [0.717, 1.165) is 5.57 Å². The highest BCUT2D eigenvalue weighted by Crippen LogP contribution is 1.85. The van der Waals surface area contributed by atoms with Gasteiger partial charge in [-0.2, -0.15) is 5.26 Å². The van der Waals surface area contributed by atoms with E-state index in [-0.39, 0.29) is 0 Å². The van der Waals surface area contributed by atoms with Gasteiger partial charge in [-0.05, 0) is 13.0 Å². The van der Waals surface area contributed by atoms with Gasteiger partial charge in [0.1, 0.15) is 0 Å². The maximum atomic E-state index is 7.94. The molecule has 0 saturated heterocycles. The van der Waals surface area contributed by atoms with Crippen LogP contribution in [0.5, 0.6) is 0 Å². The van der Waals surface area contributed by atoms with Crippen LogP contribution in [0.25, 0.3) is 0 Å². The summed E-state index contributed by atoms with van der Waals surface area (Å²) >= 11 is 0. The average molecular weight is 93.1 g/mol. The van der Waals surface area contributed by atoms with Gasteiger partial charge in [-0.15, -0.1) is 0 Å². The van der Waals surface area contributed by atoms with Gasteiger partial charge in [-0.25, -0.2) is 0 Å². The second-order valence-electron chi connectivity index (χ2n) is 1.31. The van der Waals surface area contributed by atoms with Crippen LogP contribution in [0.4, 0.5) is 0 Å². The molecule has 0 unspecified atom stereocenters. The molecule has 0 spiro atoms. The maximum Gasteiger partial charge on any atom is 0.0912 e. The van der Waals surface area contributed by atoms with Crippen molar-refractivity contribution in [3.05, 3.63) is 24.3 Å². The van der Waals surface area contributed by atoms with E-state index in [0.29, 0.717) is 0 Å². The third kappa shape index (κ3) is 4.97. The van der Waals surface area contributed by atoms with Crippen molar-refractivity contribution >= 4 is 0 Å². The van der Waals surface area contributed by atoms with E-state index >= 15 is 0 Å². The van der Waals surface area contributed by atoms with Crippen LogP contribution >= 0.6 is 0 Å². The van der Waals surface area contributed by atoms with Crippen LogP contribution in [0.3, 0.4) is 0 Å². The lowest BCUT2D eigenvalue weighted by Gasteiger charge is -1.74. The quantitative estimate of drug-likeness (QED) is 0.357. The Labute approximate surface area is 43.6 Å². The molecule has 0 aromatic heterocycles. The molecule has 36 valence electrons. The van der Waals surface area contributed by atoms with Gasteiger partial charge in [0.2, 0.25) is 0 Å². The molecule has 0 amide bonds. The molecule has 0 aliphatic rings. The molecule has 0 bridgehead atoms. The van der Waals surface area contributed by atoms with Gasteiger partial charge < -0.3 is 0 Å². The fourth-order valence-electron chi connectivity index (χ4n) is 0.180. The Morgan fingerprint density at radius 2 is 2.43 bits per heavy atom. The number of rotatable bonds is 1. The third-order valence-corrected chi connectivity index (χ3v) is 0.442. The van der Waals surface area contributed by atoms with Crippen molar-refractivity contribution in [1.29, 1.82) is 5.26 Å². The Morgan fingerprint density at radius 1 is 1.86 bits per heavy atom. The van der Waals surface area contributed by atoms with Crippen molar-refractivity contribution in [3.8, 4) is 6.07 Å². The summed E-state index contributed by atoms with van der Waals surface area (Å²) in [5.41, 5.74) is 0.904. The van der Waals surface area contributed by atoms with E-state index in [1.807, 2.05) is 13.0 Å². The van der Waals surface area contributed by atoms with Gasteiger partial charge in [0.05, 0.1) is 6.07 Å². The minimum Gasteiger partial charge on any atom is -0.193 e. The predicted molar refractivity (Wildman–Crippen MR) is 29.6 cm³/mol. The zero-order chi connectivity index (χ0) is 5.70. The second-order valence-corrected chi connectivity index (χ2v) is 1.31. The van der Waals surface area contributed by atoms with Crippen LogP contribution in [0.2, 0.25) is 0 Å². The van der Waals surface area contributed by atoms with Crippen LogP contribution in [-0.2, 0) is 0 Å². The highest BCUT2D eigenvalue weighted by molar-refractivity contribution is 5.17. The van der Waals surface area contributed by atoms with Crippen LogP contribution in [0, 0.1) is 11.3 Å². The predicted octanol–water partition coefficient (Wildman–Crippen LogP) is 1.64. The number of nitrogens with zero attached hydrogens (tertiary/aromatic N) is 1. The number of nitriles is 1. The van der Waals surface area contributed by atoms with E-state index in [9.17, 15) is 0 Å². The molecular weight excluding hydrogens is 86.1 g/mol. The molecule has 0 aromatic carbocycles. The summed E-state index contributed by atoms with van der Waals surface area (Å²) in [5, 5.41) is 7.94. The summed E-state index contributed by atoms with van der Waals surface area (Å²) in [4.78, 5) is 0. The smallest absolute Gasteiger partial charge is 0.0912 e. The monoisotopic (exact) mass is 93.1 g/mol. The van der Waals surface area contributed by atoms with Gasteiger partial charge in [0, 0.05) is 6.08 Å². The van der Waals surface area contributed by atoms with Crippen molar-refractivity contribution in [2.75, 3.05) is 0 Å². The first-order chi connectivity index (χ1) is 3.27. The van der Waals surface area contributed by atoms with E-state index in [4.69, 9.17) is 5.26 Å². The first kappa shape index (κ1) is 5.97. The summed E-state index contributed by atoms with van der Waals surface area (Å²) < 4.78 is 0. The fraction of sp³-hybridized carbons (Fsp3) is 0.167. The number of hydrogen-bond acceptors (Lipinski definition) is 1. The summed E-state index contributed by atoms with van der Waals surface area (Å²) in [6.45, 7) is 5.40. The normalized spacial score (nSPS) is 8.57. The first-order valence-corrected chi connectivity index (χ1v) is 1.99. The highest BCUT2D eigenvalue weighted by atomic mass is 14.2. The first-order valence-electron chi connectivity index (χ1n) is 1.99. The molecule has 0 saturated carbocycles. The van der Waals surface area contributed by atoms with E-state index in [1.165, 1.54) is 6.08 Å². The van der Waals surface area contributed by atoms with Gasteiger partial charge in [-0.3, -0.25) is 0 Å². The lowest BCUT2D eigenvalue weighted by molar-refractivity contribution is 1.51. The standard InChI is InChI=1S/C6H7N/c1-6(2)4-3-5-7/h3-4H,1H2,2H3. The zero-order valence-electron chi connectivity index (χ0n) is 4.31. The fourth-order valence-corrected chi connectivity index (χ4v) is 0.180. The molecular formula is C6H7N. The molecule has 0 aliphatic carbocycles. The lowest BCUT2D eigenvalue weighted by Crippen LogP contribution is -1.56. The lowest BCUT2D eigenvalue weighted by atomic mass is 10.3. The highest BCUT2D eigenvalue weighted by Gasteiger charge is 1.67. The Balaban J connectivity index is 3.53. The molecule has 7 heavy (non-hydrogen) atoms. The summed E-state index contributed by atoms with van der Waals surface area (Å²) in [6, 6.07) is 1.86. The molecule has 1 heteroatoms. The summed E-state index contributed by atoms with van der Waals surface area (Å²) in [6.07, 6.45) is 3.07. The van der Waals surface area contributed by atoms with Gasteiger partial charge >= 0.3 is 0 Å². The largest absolute Gasteiger partial charge is 0.193 e. The minimum absolute atomic E-state index is 0.904. The number of allylic oxidation sites excluding steroid dienone is 3. The maximum absolute atomic E-state index is 7.94. The van der Waals surface area contributed by atoms with Crippen LogP contribution in [0.1, 0.15) is 6.92 Å². The van der Waals surface area contributed by atoms with E-state index < -0.39 is 0 Å². The van der Waals surface area contributed by atoms with Crippen molar-refractivity contribution < 1.29 is 0 Å². The van der Waals surface area contributed by atoms with Crippen molar-refractivity contribution in [2.45, 2.75) is 6.92 Å². The molecule has 0 aliphatic heterocycles. The molecule has 0 heterocycles. The molecule has 0 N–H and O–H groups in total. The Hall–Kier alpha value is -1.03. The SMILES string of the molecule is C=C(C)C=CC#N. The molecule has 1 nitrogen and oxygen atoms in total. The van der Waals surface area contributed by atoms with E-state index in [1.54, 1.807) is 6.08 Å². The Morgan fingerprint density at radius 3 is 2.57 bits per heavy atom. The van der Waals surface area contributed by atoms with Gasteiger partial charge in [-0.1, -0.05) is 12.2 Å². The molecule has 0 atom stereocenters. The van der Waals surface area contributed by atoms with Gasteiger partial charge in [0.15, 0.2) is 0 Å². The summed E-state index contributed by atoms with van der Waals surface area (Å²) in [5.74, 6) is 0. The van der Waals surface area contributed by atoms with Gasteiger partial charge in [0.25, 0.3) is 0 Å². The number of hydrogen-bond donors (Lipinski definition) is 0. The second kappa shape index (κ2) is 3.17. The zero-order valence-corrected chi connectivity index (χ0v) is 4.31. The van der Waals surface area contributed by atoms with E-state index in [2.05, 4.69) is 6.58 Å². The minimum atomic E-state index is 0.904. The molecule has 0 fully saturated rings. The van der Waals surface area contributed by atoms with Crippen molar-refractivity contribution in [1.82, 2.24) is 0 Å². The Kier molecular flexibility index (Phi) is 2.70. The molecule has 0 aromatic rings. The third-order valence-electron chi connectivity index (χ3n) is 0.442. The molecule has 0 rings (SSSR count). The average Bonchev–Trinajstić information content (AvgIpc) is 1.61. The van der Waals surface area contributed by atoms with Crippen LogP contribution in [0.15, 0.2) is 24.3 Å².